The van der Waals surface area contributed by atoms with E-state index in [1.807, 2.05) is 45.9 Å². The number of aromatic nitrogens is 4. The van der Waals surface area contributed by atoms with E-state index in [0.717, 1.165) is 27.5 Å². The van der Waals surface area contributed by atoms with Gasteiger partial charge >= 0.3 is 12.1 Å². The molecule has 246 valence electrons. The Bertz CT molecular complexity index is 1770. The third-order valence-electron chi connectivity index (χ3n) is 7.80. The van der Waals surface area contributed by atoms with Gasteiger partial charge in [-0.1, -0.05) is 32.0 Å². The lowest BCUT2D eigenvalue weighted by molar-refractivity contribution is -0.139. The summed E-state index contributed by atoms with van der Waals surface area (Å²) in [6.45, 7) is 7.82. The number of fused-ring (bicyclic) bond motifs is 1. The number of rotatable bonds is 12. The molecule has 0 fully saturated rings. The highest BCUT2D eigenvalue weighted by molar-refractivity contribution is 5.82. The Hall–Kier alpha value is -4.52. The maximum absolute atomic E-state index is 14.0. The van der Waals surface area contributed by atoms with Crippen LogP contribution in [0.4, 0.5) is 13.2 Å². The molecular weight excluding hydrogens is 601 g/mol. The largest absolute Gasteiger partial charge is 0.481 e. The number of carbonyl (C=O) groups excluding carboxylic acids is 1. The van der Waals surface area contributed by atoms with Gasteiger partial charge in [0.2, 0.25) is 5.91 Å². The highest BCUT2D eigenvalue weighted by Gasteiger charge is 2.36. The van der Waals surface area contributed by atoms with Gasteiger partial charge < -0.3 is 19.9 Å². The van der Waals surface area contributed by atoms with Gasteiger partial charge in [-0.2, -0.15) is 18.3 Å². The quantitative estimate of drug-likeness (QED) is 0.218. The van der Waals surface area contributed by atoms with Crippen molar-refractivity contribution in [2.75, 3.05) is 20.6 Å². The van der Waals surface area contributed by atoms with E-state index in [9.17, 15) is 32.7 Å². The fourth-order valence-electron chi connectivity index (χ4n) is 5.62. The number of carbonyl (C=O) groups is 2. The number of hydrogen-bond acceptors (Lipinski definition) is 6. The Morgan fingerprint density at radius 3 is 2.35 bits per heavy atom. The number of aryl methyl sites for hydroxylation is 2. The van der Waals surface area contributed by atoms with Crippen LogP contribution in [0.25, 0.3) is 16.9 Å². The van der Waals surface area contributed by atoms with Gasteiger partial charge in [-0.25, -0.2) is 9.50 Å². The van der Waals surface area contributed by atoms with E-state index in [1.54, 1.807) is 41.8 Å². The zero-order chi connectivity index (χ0) is 33.9. The van der Waals surface area contributed by atoms with Crippen LogP contribution in [-0.2, 0) is 22.2 Å². The van der Waals surface area contributed by atoms with E-state index in [2.05, 4.69) is 15.4 Å². The molecule has 0 bridgehead atoms. The maximum atomic E-state index is 14.0. The van der Waals surface area contributed by atoms with Crippen molar-refractivity contribution in [3.05, 3.63) is 87.1 Å². The second-order valence-electron chi connectivity index (χ2n) is 12.2. The van der Waals surface area contributed by atoms with Gasteiger partial charge in [-0.3, -0.25) is 14.4 Å². The summed E-state index contributed by atoms with van der Waals surface area (Å²) >= 11 is 0. The second kappa shape index (κ2) is 13.9. The lowest BCUT2D eigenvalue weighted by Gasteiger charge is -2.26. The minimum absolute atomic E-state index is 0.00381. The molecule has 10 nitrogen and oxygen atoms in total. The summed E-state index contributed by atoms with van der Waals surface area (Å²) in [5, 5.41) is 17.0. The number of aliphatic carboxylic acids is 1. The van der Waals surface area contributed by atoms with Gasteiger partial charge in [-0.05, 0) is 69.5 Å². The van der Waals surface area contributed by atoms with E-state index < -0.39 is 47.7 Å². The average molecular weight is 641 g/mol. The molecule has 1 aromatic carbocycles. The highest BCUT2D eigenvalue weighted by Crippen LogP contribution is 2.33. The molecule has 3 heterocycles. The number of likely N-dealkylation sites (N-methyl/N-ethyl adjacent to an activating group) is 1. The van der Waals surface area contributed by atoms with Crippen molar-refractivity contribution in [1.82, 2.24) is 29.4 Å². The number of nitrogens with zero attached hydrogens (tertiary/aromatic N) is 5. The first-order valence-corrected chi connectivity index (χ1v) is 15.0. The van der Waals surface area contributed by atoms with Gasteiger partial charge in [0.1, 0.15) is 6.04 Å². The number of hydrogen-bond donors (Lipinski definition) is 2. The fraction of sp³-hybridized carbons (Fsp3) is 0.424. The Labute approximate surface area is 264 Å². The predicted molar refractivity (Wildman–Crippen MR) is 167 cm³/mol. The van der Waals surface area contributed by atoms with E-state index in [4.69, 9.17) is 0 Å². The molecular formula is C33H39F3N6O4. The summed E-state index contributed by atoms with van der Waals surface area (Å²) < 4.78 is 44.4. The van der Waals surface area contributed by atoms with Crippen molar-refractivity contribution >= 4 is 17.5 Å². The zero-order valence-electron chi connectivity index (χ0n) is 26.7. The Morgan fingerprint density at radius 1 is 1.09 bits per heavy atom. The molecule has 0 saturated heterocycles. The molecule has 4 rings (SSSR count). The number of carboxylic acid groups (broad SMARTS) is 1. The van der Waals surface area contributed by atoms with Crippen LogP contribution in [0.5, 0.6) is 0 Å². The van der Waals surface area contributed by atoms with Crippen LogP contribution in [0.15, 0.2) is 53.6 Å². The maximum Gasteiger partial charge on any atom is 0.416 e. The van der Waals surface area contributed by atoms with Gasteiger partial charge in [0.25, 0.3) is 5.56 Å². The summed E-state index contributed by atoms with van der Waals surface area (Å²) in [6, 6.07) is 7.37. The normalized spacial score (nSPS) is 13.4. The first-order valence-electron chi connectivity index (χ1n) is 15.0. The minimum Gasteiger partial charge on any atom is -0.481 e. The van der Waals surface area contributed by atoms with Crippen molar-refractivity contribution in [3.63, 3.8) is 0 Å². The molecule has 46 heavy (non-hydrogen) atoms. The smallest absolute Gasteiger partial charge is 0.416 e. The number of halogens is 3. The molecule has 2 N–H and O–H groups in total. The predicted octanol–water partition coefficient (Wildman–Crippen LogP) is 5.22. The van der Waals surface area contributed by atoms with E-state index >= 15 is 0 Å². The van der Waals surface area contributed by atoms with Crippen molar-refractivity contribution in [1.29, 1.82) is 0 Å². The van der Waals surface area contributed by atoms with Crippen LogP contribution in [0.2, 0.25) is 0 Å². The van der Waals surface area contributed by atoms with Gasteiger partial charge in [0, 0.05) is 30.4 Å². The standard InChI is InChI=1S/C33H39F3N6O4/c1-19(2)14-27(41-18-22(11-13-40(5)6)23(15-29(41)43)33(34,35)36)32(46)39-25(17-30(44)45)24-16-26(42-28(38-24)10-12-37-42)31-20(3)8-7-9-21(31)4/h7-10,12,15-16,18-19,25,27H,11,13-14,17H2,1-6H3,(H,39,46)(H,44,45)/t25-,27-/m0/s1. The Balaban J connectivity index is 1.81. The minimum atomic E-state index is -4.76. The lowest BCUT2D eigenvalue weighted by atomic mass is 9.97. The van der Waals surface area contributed by atoms with Gasteiger partial charge in [0.05, 0.1) is 35.6 Å². The average Bonchev–Trinajstić information content (AvgIpc) is 3.43. The Kier molecular flexibility index (Phi) is 10.3. The van der Waals surface area contributed by atoms with E-state index in [1.165, 1.54) is 0 Å². The van der Waals surface area contributed by atoms with E-state index in [-0.39, 0.29) is 36.6 Å². The number of amides is 1. The van der Waals surface area contributed by atoms with Gasteiger partial charge in [-0.15, -0.1) is 0 Å². The van der Waals surface area contributed by atoms with Crippen LogP contribution in [0.3, 0.4) is 0 Å². The molecule has 1 amide bonds. The number of benzene rings is 1. The van der Waals surface area contributed by atoms with Crippen LogP contribution in [0, 0.1) is 19.8 Å². The Morgan fingerprint density at radius 2 is 1.76 bits per heavy atom. The summed E-state index contributed by atoms with van der Waals surface area (Å²) in [5.74, 6) is -2.04. The van der Waals surface area contributed by atoms with E-state index in [0.29, 0.717) is 17.4 Å². The first-order chi connectivity index (χ1) is 21.6. The summed E-state index contributed by atoms with van der Waals surface area (Å²) in [7, 11) is 3.45. The van der Waals surface area contributed by atoms with Crippen LogP contribution >= 0.6 is 0 Å². The second-order valence-corrected chi connectivity index (χ2v) is 12.2. The number of alkyl halides is 3. The third kappa shape index (κ3) is 7.82. The highest BCUT2D eigenvalue weighted by atomic mass is 19.4. The first kappa shape index (κ1) is 34.4. The van der Waals surface area contributed by atoms with Gasteiger partial charge in [0.15, 0.2) is 5.65 Å². The van der Waals surface area contributed by atoms with Crippen molar-refractivity contribution in [3.8, 4) is 11.3 Å². The molecule has 0 aliphatic carbocycles. The summed E-state index contributed by atoms with van der Waals surface area (Å²) in [5.41, 5.74) is 1.99. The molecule has 0 aliphatic rings. The van der Waals surface area contributed by atoms with Crippen LogP contribution in [-0.4, -0.2) is 61.7 Å². The molecule has 4 aromatic rings. The molecule has 0 saturated carbocycles. The molecule has 0 spiro atoms. The molecule has 2 atom stereocenters. The SMILES string of the molecule is Cc1cccc(C)c1-c1cc([C@H](CC(=O)O)NC(=O)[C@H](CC(C)C)n2cc(CCN(C)C)c(C(F)(F)F)cc2=O)nc2ccnn12. The molecule has 0 unspecified atom stereocenters. The third-order valence-corrected chi connectivity index (χ3v) is 7.80. The lowest BCUT2D eigenvalue weighted by Crippen LogP contribution is -2.41. The monoisotopic (exact) mass is 640 g/mol. The molecule has 0 radical (unpaired) electrons. The number of pyridine rings is 1. The molecule has 0 aliphatic heterocycles. The van der Waals surface area contributed by atoms with Crippen molar-refractivity contribution < 1.29 is 27.9 Å². The number of carboxylic acids is 1. The fourth-order valence-corrected chi connectivity index (χ4v) is 5.62. The van der Waals surface area contributed by atoms with Crippen LogP contribution < -0.4 is 10.9 Å². The van der Waals surface area contributed by atoms with Crippen LogP contribution in [0.1, 0.15) is 66.7 Å². The van der Waals surface area contributed by atoms with Crippen molar-refractivity contribution in [2.24, 2.45) is 5.92 Å². The molecule has 13 heteroatoms. The molecule has 3 aromatic heterocycles. The zero-order valence-corrected chi connectivity index (χ0v) is 26.7. The summed E-state index contributed by atoms with van der Waals surface area (Å²) in [6.07, 6.45) is -2.49. The number of nitrogens with one attached hydrogen (secondary N) is 1. The topological polar surface area (TPSA) is 122 Å². The summed E-state index contributed by atoms with van der Waals surface area (Å²) in [4.78, 5) is 45.6. The van der Waals surface area contributed by atoms with Crippen molar-refractivity contribution in [2.45, 2.75) is 65.2 Å².